The third kappa shape index (κ3) is 5.00. The number of hydrogen-bond acceptors (Lipinski definition) is 5. The number of tetrazole rings is 1. The summed E-state index contributed by atoms with van der Waals surface area (Å²) < 4.78 is 3.68. The molecule has 37 heavy (non-hydrogen) atoms. The van der Waals surface area contributed by atoms with Gasteiger partial charge in [-0.25, -0.2) is 4.79 Å². The maximum Gasteiger partial charge on any atom is 0.329 e. The molecule has 0 saturated heterocycles. The van der Waals surface area contributed by atoms with Gasteiger partial charge >= 0.3 is 5.69 Å². The zero-order chi connectivity index (χ0) is 25.8. The third-order valence-corrected chi connectivity index (χ3v) is 6.73. The van der Waals surface area contributed by atoms with Gasteiger partial charge in [0.15, 0.2) is 0 Å². The number of aromatic amines is 1. The van der Waals surface area contributed by atoms with Crippen LogP contribution >= 0.6 is 0 Å². The van der Waals surface area contributed by atoms with Crippen molar-refractivity contribution in [2.24, 2.45) is 0 Å². The minimum absolute atomic E-state index is 0.00716. The Morgan fingerprint density at radius 1 is 0.946 bits per heavy atom. The van der Waals surface area contributed by atoms with Crippen LogP contribution in [-0.4, -0.2) is 34.7 Å². The maximum absolute atomic E-state index is 13.5. The lowest BCUT2D eigenvalue weighted by Gasteiger charge is -2.22. The normalized spacial score (nSPS) is 12.2. The number of hydrogen-bond donors (Lipinski definition) is 1. The van der Waals surface area contributed by atoms with Gasteiger partial charge in [0.25, 0.3) is 0 Å². The standard InChI is InChI=1S/C29H31N7O/c1-4-8-26(25-10-6-5-9-23(25)20(2)3)36-18-17-35(29(36)37)19-21-12-14-22(15-13-21)24-11-7-16-30-27(24)28-31-33-34-32-28/h5-7,9-18,20,26H,4,8,19H2,1-3H3,(H,31,32,33,34). The van der Waals surface area contributed by atoms with Crippen molar-refractivity contribution in [2.75, 3.05) is 0 Å². The Morgan fingerprint density at radius 2 is 1.73 bits per heavy atom. The second kappa shape index (κ2) is 10.7. The number of benzene rings is 2. The lowest BCUT2D eigenvalue weighted by Crippen LogP contribution is -2.28. The Hall–Kier alpha value is -4.33. The van der Waals surface area contributed by atoms with Crippen LogP contribution in [0.1, 0.15) is 62.3 Å². The summed E-state index contributed by atoms with van der Waals surface area (Å²) in [6.45, 7) is 7.08. The molecule has 1 N–H and O–H groups in total. The van der Waals surface area contributed by atoms with E-state index in [9.17, 15) is 4.79 Å². The van der Waals surface area contributed by atoms with Gasteiger partial charge in [-0.15, -0.1) is 10.2 Å². The molecule has 0 aliphatic rings. The fourth-order valence-corrected chi connectivity index (χ4v) is 4.91. The number of H-pyrrole nitrogens is 1. The van der Waals surface area contributed by atoms with Crippen molar-refractivity contribution in [3.8, 4) is 22.6 Å². The summed E-state index contributed by atoms with van der Waals surface area (Å²) in [7, 11) is 0. The van der Waals surface area contributed by atoms with E-state index in [0.717, 1.165) is 29.5 Å². The Morgan fingerprint density at radius 3 is 2.43 bits per heavy atom. The molecular weight excluding hydrogens is 462 g/mol. The van der Waals surface area contributed by atoms with Crippen LogP contribution in [0.25, 0.3) is 22.6 Å². The fourth-order valence-electron chi connectivity index (χ4n) is 4.91. The highest BCUT2D eigenvalue weighted by atomic mass is 16.1. The van der Waals surface area contributed by atoms with Crippen molar-refractivity contribution in [1.82, 2.24) is 34.7 Å². The number of nitrogens with zero attached hydrogens (tertiary/aromatic N) is 6. The highest BCUT2D eigenvalue weighted by molar-refractivity contribution is 5.77. The summed E-state index contributed by atoms with van der Waals surface area (Å²) in [6, 6.07) is 20.6. The number of aromatic nitrogens is 7. The molecule has 5 aromatic rings. The minimum Gasteiger partial charge on any atom is -0.295 e. The molecule has 0 saturated carbocycles. The Labute approximate surface area is 216 Å². The summed E-state index contributed by atoms with van der Waals surface area (Å²) in [6.07, 6.45) is 7.45. The first-order valence-electron chi connectivity index (χ1n) is 12.7. The molecule has 0 radical (unpaired) electrons. The van der Waals surface area contributed by atoms with Crippen molar-refractivity contribution in [3.05, 3.63) is 106 Å². The molecule has 0 amide bonds. The zero-order valence-corrected chi connectivity index (χ0v) is 21.4. The van der Waals surface area contributed by atoms with E-state index in [1.807, 2.05) is 53.4 Å². The van der Waals surface area contributed by atoms with Gasteiger partial charge in [0.1, 0.15) is 5.69 Å². The average Bonchev–Trinajstić information content (AvgIpc) is 3.59. The van der Waals surface area contributed by atoms with Gasteiger partial charge in [0.05, 0.1) is 12.6 Å². The van der Waals surface area contributed by atoms with Crippen molar-refractivity contribution in [1.29, 1.82) is 0 Å². The maximum atomic E-state index is 13.5. The van der Waals surface area contributed by atoms with Gasteiger partial charge in [-0.3, -0.25) is 14.1 Å². The summed E-state index contributed by atoms with van der Waals surface area (Å²) in [5.41, 5.74) is 6.17. The molecule has 3 heterocycles. The summed E-state index contributed by atoms with van der Waals surface area (Å²) in [5, 5.41) is 14.3. The second-order valence-corrected chi connectivity index (χ2v) is 9.54. The number of rotatable bonds is 9. The van der Waals surface area contributed by atoms with Crippen molar-refractivity contribution in [3.63, 3.8) is 0 Å². The molecule has 0 spiro atoms. The van der Waals surface area contributed by atoms with Gasteiger partial charge in [-0.05, 0) is 45.9 Å². The number of pyridine rings is 1. The van der Waals surface area contributed by atoms with E-state index in [0.29, 0.717) is 24.0 Å². The van der Waals surface area contributed by atoms with E-state index in [1.165, 1.54) is 11.1 Å². The molecular formula is C29H31N7O. The molecule has 0 bridgehead atoms. The van der Waals surface area contributed by atoms with E-state index >= 15 is 0 Å². The van der Waals surface area contributed by atoms with E-state index < -0.39 is 0 Å². The molecule has 8 nitrogen and oxygen atoms in total. The third-order valence-electron chi connectivity index (χ3n) is 6.73. The summed E-state index contributed by atoms with van der Waals surface area (Å²) in [5.74, 6) is 0.848. The first-order chi connectivity index (χ1) is 18.1. The Balaban J connectivity index is 1.41. The molecule has 188 valence electrons. The predicted molar refractivity (Wildman–Crippen MR) is 144 cm³/mol. The van der Waals surface area contributed by atoms with Gasteiger partial charge in [0, 0.05) is 24.2 Å². The molecule has 3 aromatic heterocycles. The fraction of sp³-hybridized carbons (Fsp3) is 0.276. The van der Waals surface area contributed by atoms with Gasteiger partial charge in [-0.2, -0.15) is 5.21 Å². The van der Waals surface area contributed by atoms with Crippen LogP contribution in [0.15, 0.2) is 84.0 Å². The van der Waals surface area contributed by atoms with Crippen LogP contribution in [-0.2, 0) is 6.54 Å². The van der Waals surface area contributed by atoms with Crippen molar-refractivity contribution < 1.29 is 0 Å². The highest BCUT2D eigenvalue weighted by Crippen LogP contribution is 2.30. The lowest BCUT2D eigenvalue weighted by atomic mass is 9.91. The molecule has 8 heteroatoms. The molecule has 2 aromatic carbocycles. The first kappa shape index (κ1) is 24.4. The summed E-state index contributed by atoms with van der Waals surface area (Å²) in [4.78, 5) is 17.9. The van der Waals surface area contributed by atoms with Gasteiger partial charge in [0.2, 0.25) is 5.82 Å². The van der Waals surface area contributed by atoms with Crippen LogP contribution in [0.2, 0.25) is 0 Å². The van der Waals surface area contributed by atoms with Gasteiger partial charge < -0.3 is 0 Å². The number of imidazole rings is 1. The lowest BCUT2D eigenvalue weighted by molar-refractivity contribution is 0.503. The molecule has 1 unspecified atom stereocenters. The monoisotopic (exact) mass is 493 g/mol. The topological polar surface area (TPSA) is 94.3 Å². The van der Waals surface area contributed by atoms with Crippen LogP contribution in [0.3, 0.4) is 0 Å². The minimum atomic E-state index is 0.00716. The quantitative estimate of drug-likeness (QED) is 0.295. The van der Waals surface area contributed by atoms with Crippen LogP contribution in [0.5, 0.6) is 0 Å². The van der Waals surface area contributed by atoms with Crippen molar-refractivity contribution >= 4 is 0 Å². The van der Waals surface area contributed by atoms with E-state index in [4.69, 9.17) is 0 Å². The van der Waals surface area contributed by atoms with Crippen LogP contribution in [0.4, 0.5) is 0 Å². The summed E-state index contributed by atoms with van der Waals surface area (Å²) >= 11 is 0. The van der Waals surface area contributed by atoms with Crippen molar-refractivity contribution in [2.45, 2.75) is 52.1 Å². The Bertz CT molecular complexity index is 1510. The molecule has 0 aliphatic heterocycles. The van der Waals surface area contributed by atoms with E-state index in [-0.39, 0.29) is 11.7 Å². The number of nitrogens with one attached hydrogen (secondary N) is 1. The Kier molecular flexibility index (Phi) is 7.07. The predicted octanol–water partition coefficient (Wildman–Crippen LogP) is 5.45. The second-order valence-electron chi connectivity index (χ2n) is 9.54. The van der Waals surface area contributed by atoms with E-state index in [2.05, 4.69) is 70.6 Å². The zero-order valence-electron chi connectivity index (χ0n) is 21.4. The molecule has 0 aliphatic carbocycles. The van der Waals surface area contributed by atoms with Crippen LogP contribution in [0, 0.1) is 0 Å². The smallest absolute Gasteiger partial charge is 0.295 e. The largest absolute Gasteiger partial charge is 0.329 e. The molecule has 1 atom stereocenters. The molecule has 5 rings (SSSR count). The van der Waals surface area contributed by atoms with Gasteiger partial charge in [-0.1, -0.05) is 81.8 Å². The van der Waals surface area contributed by atoms with E-state index in [1.54, 1.807) is 10.8 Å². The first-order valence-corrected chi connectivity index (χ1v) is 12.7. The highest BCUT2D eigenvalue weighted by Gasteiger charge is 2.20. The molecule has 0 fully saturated rings. The average molecular weight is 494 g/mol. The van der Waals surface area contributed by atoms with Crippen LogP contribution < -0.4 is 5.69 Å². The SMILES string of the molecule is CCCC(c1ccccc1C(C)C)n1ccn(Cc2ccc(-c3cccnc3-c3nn[nH]n3)cc2)c1=O.